The molecule has 0 amide bonds. The molecule has 0 aliphatic heterocycles. The average Bonchev–Trinajstić information content (AvgIpc) is 3.98. The van der Waals surface area contributed by atoms with Crippen LogP contribution in [0.2, 0.25) is 0 Å². The van der Waals surface area contributed by atoms with Gasteiger partial charge in [0, 0.05) is 64.8 Å². The maximum Gasteiger partial charge on any atom is 0.164 e. The van der Waals surface area contributed by atoms with E-state index < -0.39 is 0 Å². The summed E-state index contributed by atoms with van der Waals surface area (Å²) in [6.07, 6.45) is 0.696. The average molecular weight is 761 g/mol. The zero-order valence-corrected chi connectivity index (χ0v) is 31.9. The molecule has 12 rings (SSSR count). The number of aromatic nitrogens is 4. The highest BCUT2D eigenvalue weighted by atomic mass is 32.1. The summed E-state index contributed by atoms with van der Waals surface area (Å²) in [5.74, 6) is 1.96. The number of para-hydroxylation sites is 4. The van der Waals surface area contributed by atoms with Gasteiger partial charge in [-0.25, -0.2) is 15.0 Å². The first-order chi connectivity index (χ1) is 28.8. The van der Waals surface area contributed by atoms with E-state index in [-0.39, 0.29) is 0 Å². The molecule has 0 aliphatic rings. The molecular formula is C52H32N4OS. The van der Waals surface area contributed by atoms with Crippen molar-refractivity contribution in [3.63, 3.8) is 0 Å². The van der Waals surface area contributed by atoms with Crippen molar-refractivity contribution in [1.29, 1.82) is 0 Å². The molecule has 272 valence electrons. The minimum atomic E-state index is 0.651. The third-order valence-electron chi connectivity index (χ3n) is 11.3. The SMILES string of the molecule is c1ccc(-c2nc(-c3ccccc3)nc(-c3cccc4sc5cccc(Cc6cccc7c6oc6c(-n8c9ccccc9c9ccccc98)cccc67)c5c34)n2)cc1. The van der Waals surface area contributed by atoms with Crippen LogP contribution >= 0.6 is 11.3 Å². The molecule has 8 aromatic carbocycles. The summed E-state index contributed by atoms with van der Waals surface area (Å²) in [6, 6.07) is 63.8. The molecule has 0 saturated carbocycles. The molecule has 4 heterocycles. The summed E-state index contributed by atoms with van der Waals surface area (Å²) in [5, 5.41) is 7.06. The molecule has 0 aliphatic carbocycles. The summed E-state index contributed by atoms with van der Waals surface area (Å²) < 4.78 is 11.8. The standard InChI is InChI=1S/C52H32N4OS/c1-3-15-32(16-4-1)50-53-51(33-17-5-2-6-18-33)55-52(54-50)40-25-14-30-45-47(40)46-34(19-12-29-44(46)58-45)31-35-20-11-23-38-39-24-13-28-43(49(39)57-48(35)38)56-41-26-9-7-21-36(41)37-22-8-10-27-42(37)56/h1-30H,31H2. The first-order valence-corrected chi connectivity index (χ1v) is 20.3. The first-order valence-electron chi connectivity index (χ1n) is 19.5. The van der Waals surface area contributed by atoms with Gasteiger partial charge >= 0.3 is 0 Å². The Kier molecular flexibility index (Phi) is 7.40. The van der Waals surface area contributed by atoms with Gasteiger partial charge in [-0.1, -0.05) is 152 Å². The molecular weight excluding hydrogens is 729 g/mol. The second-order valence-corrected chi connectivity index (χ2v) is 15.8. The van der Waals surface area contributed by atoms with Gasteiger partial charge < -0.3 is 8.98 Å². The fourth-order valence-corrected chi connectivity index (χ4v) is 9.95. The second-order valence-electron chi connectivity index (χ2n) is 14.7. The van der Waals surface area contributed by atoms with Crippen LogP contribution in [0.5, 0.6) is 0 Å². The fraction of sp³-hybridized carbons (Fsp3) is 0.0192. The van der Waals surface area contributed by atoms with Crippen LogP contribution < -0.4 is 0 Å². The molecule has 58 heavy (non-hydrogen) atoms. The van der Waals surface area contributed by atoms with Gasteiger partial charge in [0.05, 0.1) is 16.7 Å². The highest BCUT2D eigenvalue weighted by Gasteiger charge is 2.21. The highest BCUT2D eigenvalue weighted by molar-refractivity contribution is 7.26. The van der Waals surface area contributed by atoms with Gasteiger partial charge in [-0.15, -0.1) is 11.3 Å². The van der Waals surface area contributed by atoms with Gasteiger partial charge in [0.1, 0.15) is 5.58 Å². The van der Waals surface area contributed by atoms with E-state index in [0.29, 0.717) is 23.9 Å². The van der Waals surface area contributed by atoms with Gasteiger partial charge in [0.25, 0.3) is 0 Å². The quantitative estimate of drug-likeness (QED) is 0.169. The Bertz CT molecular complexity index is 3440. The van der Waals surface area contributed by atoms with Gasteiger partial charge in [0.15, 0.2) is 23.1 Å². The first kappa shape index (κ1) is 32.8. The minimum absolute atomic E-state index is 0.651. The number of rotatable bonds is 6. The normalized spacial score (nSPS) is 11.9. The van der Waals surface area contributed by atoms with Crippen LogP contribution in [0.3, 0.4) is 0 Å². The number of furan rings is 1. The topological polar surface area (TPSA) is 56.7 Å². The Hall–Kier alpha value is -7.41. The molecule has 0 radical (unpaired) electrons. The Balaban J connectivity index is 1.04. The predicted octanol–water partition coefficient (Wildman–Crippen LogP) is 13.8. The van der Waals surface area contributed by atoms with E-state index in [1.807, 2.05) is 47.7 Å². The van der Waals surface area contributed by atoms with Crippen LogP contribution in [0.4, 0.5) is 0 Å². The van der Waals surface area contributed by atoms with E-state index in [0.717, 1.165) is 66.3 Å². The van der Waals surface area contributed by atoms with Crippen LogP contribution in [0.1, 0.15) is 11.1 Å². The third-order valence-corrected chi connectivity index (χ3v) is 12.5. The lowest BCUT2D eigenvalue weighted by atomic mass is 9.96. The lowest BCUT2D eigenvalue weighted by molar-refractivity contribution is 0.661. The van der Waals surface area contributed by atoms with E-state index >= 15 is 0 Å². The molecule has 0 N–H and O–H groups in total. The number of hydrogen-bond donors (Lipinski definition) is 0. The molecule has 6 heteroatoms. The molecule has 0 atom stereocenters. The van der Waals surface area contributed by atoms with Crippen molar-refractivity contribution in [3.05, 3.63) is 193 Å². The van der Waals surface area contributed by atoms with Crippen molar-refractivity contribution in [2.45, 2.75) is 6.42 Å². The molecule has 0 saturated heterocycles. The van der Waals surface area contributed by atoms with Crippen LogP contribution in [0, 0.1) is 0 Å². The summed E-state index contributed by atoms with van der Waals surface area (Å²) in [7, 11) is 0. The van der Waals surface area contributed by atoms with Crippen molar-refractivity contribution >= 4 is 75.3 Å². The number of benzene rings is 8. The molecule has 0 spiro atoms. The van der Waals surface area contributed by atoms with Crippen molar-refractivity contribution < 1.29 is 4.42 Å². The van der Waals surface area contributed by atoms with Crippen LogP contribution in [0.15, 0.2) is 186 Å². The molecule has 0 fully saturated rings. The van der Waals surface area contributed by atoms with E-state index in [9.17, 15) is 0 Å². The van der Waals surface area contributed by atoms with Crippen LogP contribution in [-0.4, -0.2) is 19.5 Å². The Morgan fingerprint density at radius 3 is 1.62 bits per heavy atom. The summed E-state index contributed by atoms with van der Waals surface area (Å²) in [6.45, 7) is 0. The van der Waals surface area contributed by atoms with Crippen LogP contribution in [-0.2, 0) is 6.42 Å². The van der Waals surface area contributed by atoms with E-state index in [4.69, 9.17) is 19.4 Å². The van der Waals surface area contributed by atoms with Gasteiger partial charge in [-0.2, -0.15) is 0 Å². The number of thiophene rings is 1. The monoisotopic (exact) mass is 760 g/mol. The van der Waals surface area contributed by atoms with E-state index in [1.54, 1.807) is 0 Å². The van der Waals surface area contributed by atoms with Crippen molar-refractivity contribution in [3.8, 4) is 39.9 Å². The molecule has 5 nitrogen and oxygen atoms in total. The molecule has 4 aromatic heterocycles. The zero-order chi connectivity index (χ0) is 38.2. The molecule has 0 unspecified atom stereocenters. The number of nitrogens with zero attached hydrogens (tertiary/aromatic N) is 4. The predicted molar refractivity (Wildman–Crippen MR) is 240 cm³/mol. The number of hydrogen-bond acceptors (Lipinski definition) is 5. The van der Waals surface area contributed by atoms with Crippen molar-refractivity contribution in [2.24, 2.45) is 0 Å². The van der Waals surface area contributed by atoms with Crippen molar-refractivity contribution in [1.82, 2.24) is 19.5 Å². The Morgan fingerprint density at radius 2 is 0.931 bits per heavy atom. The van der Waals surface area contributed by atoms with Gasteiger partial charge in [0.2, 0.25) is 0 Å². The summed E-state index contributed by atoms with van der Waals surface area (Å²) in [5.41, 5.74) is 10.4. The zero-order valence-electron chi connectivity index (χ0n) is 31.1. The fourth-order valence-electron chi connectivity index (χ4n) is 8.77. The van der Waals surface area contributed by atoms with Crippen molar-refractivity contribution in [2.75, 3.05) is 0 Å². The largest absolute Gasteiger partial charge is 0.454 e. The number of fused-ring (bicyclic) bond motifs is 9. The Morgan fingerprint density at radius 1 is 0.414 bits per heavy atom. The van der Waals surface area contributed by atoms with E-state index in [1.165, 1.54) is 31.1 Å². The minimum Gasteiger partial charge on any atom is -0.454 e. The van der Waals surface area contributed by atoms with Crippen LogP contribution in [0.25, 0.3) is 104 Å². The smallest absolute Gasteiger partial charge is 0.164 e. The third kappa shape index (κ3) is 5.12. The highest BCUT2D eigenvalue weighted by Crippen LogP contribution is 2.43. The summed E-state index contributed by atoms with van der Waals surface area (Å²) >= 11 is 1.81. The maximum absolute atomic E-state index is 7.05. The lowest BCUT2D eigenvalue weighted by Gasteiger charge is -2.11. The second kappa shape index (κ2) is 13.1. The maximum atomic E-state index is 7.05. The Labute approximate surface area is 337 Å². The summed E-state index contributed by atoms with van der Waals surface area (Å²) in [4.78, 5) is 15.3. The lowest BCUT2D eigenvalue weighted by Crippen LogP contribution is -2.00. The van der Waals surface area contributed by atoms with Gasteiger partial charge in [-0.05, 0) is 41.5 Å². The molecule has 12 aromatic rings. The van der Waals surface area contributed by atoms with Gasteiger partial charge in [-0.3, -0.25) is 0 Å². The van der Waals surface area contributed by atoms with E-state index in [2.05, 4.69) is 150 Å². The molecule has 0 bridgehead atoms.